The molecule has 1 aliphatic heterocycles. The van der Waals surface area contributed by atoms with Gasteiger partial charge in [-0.15, -0.1) is 0 Å². The topological polar surface area (TPSA) is 57.7 Å². The van der Waals surface area contributed by atoms with E-state index in [9.17, 15) is 13.2 Å². The van der Waals surface area contributed by atoms with Crippen molar-refractivity contribution >= 4 is 21.6 Å². The Labute approximate surface area is 155 Å². The third-order valence-corrected chi connectivity index (χ3v) is 6.75. The summed E-state index contributed by atoms with van der Waals surface area (Å²) < 4.78 is 26.9. The predicted octanol–water partition coefficient (Wildman–Crippen LogP) is 3.14. The summed E-state index contributed by atoms with van der Waals surface area (Å²) in [6.45, 7) is 3.31. The van der Waals surface area contributed by atoms with Gasteiger partial charge in [-0.3, -0.25) is 4.79 Å². The van der Waals surface area contributed by atoms with Crippen LogP contribution in [0.1, 0.15) is 19.8 Å². The summed E-state index contributed by atoms with van der Waals surface area (Å²) in [4.78, 5) is 15.0. The number of piperidine rings is 1. The maximum Gasteiger partial charge on any atom is 0.243 e. The first-order chi connectivity index (χ1) is 12.5. The van der Waals surface area contributed by atoms with E-state index >= 15 is 0 Å². The molecule has 1 amide bonds. The summed E-state index contributed by atoms with van der Waals surface area (Å²) in [7, 11) is -3.48. The lowest BCUT2D eigenvalue weighted by molar-refractivity contribution is -0.123. The normalized spacial score (nSPS) is 16.3. The molecule has 1 aliphatic rings. The summed E-state index contributed by atoms with van der Waals surface area (Å²) in [5.74, 6) is -0.0622. The first-order valence-electron chi connectivity index (χ1n) is 8.95. The maximum atomic E-state index is 12.9. The highest BCUT2D eigenvalue weighted by Crippen LogP contribution is 2.26. The highest BCUT2D eigenvalue weighted by Gasteiger charge is 2.33. The van der Waals surface area contributed by atoms with Crippen LogP contribution >= 0.6 is 0 Å². The summed E-state index contributed by atoms with van der Waals surface area (Å²) in [6.07, 6.45) is 1.10. The molecule has 0 saturated carbocycles. The van der Waals surface area contributed by atoms with Crippen molar-refractivity contribution in [3.05, 3.63) is 60.7 Å². The Morgan fingerprint density at radius 1 is 1.00 bits per heavy atom. The number of para-hydroxylation sites is 1. The summed E-state index contributed by atoms with van der Waals surface area (Å²) in [5.41, 5.74) is 0.888. The Hall–Kier alpha value is -2.18. The molecule has 138 valence electrons. The molecule has 1 heterocycles. The van der Waals surface area contributed by atoms with E-state index in [1.165, 1.54) is 4.31 Å². The van der Waals surface area contributed by atoms with Crippen LogP contribution in [-0.4, -0.2) is 38.3 Å². The van der Waals surface area contributed by atoms with Crippen molar-refractivity contribution in [2.45, 2.75) is 24.7 Å². The van der Waals surface area contributed by atoms with E-state index in [1.807, 2.05) is 37.3 Å². The lowest BCUT2D eigenvalue weighted by Gasteiger charge is -2.33. The highest BCUT2D eigenvalue weighted by atomic mass is 32.2. The minimum Gasteiger partial charge on any atom is -0.312 e. The van der Waals surface area contributed by atoms with E-state index in [4.69, 9.17) is 0 Å². The summed E-state index contributed by atoms with van der Waals surface area (Å²) in [6, 6.07) is 18.1. The fraction of sp³-hybridized carbons (Fsp3) is 0.350. The van der Waals surface area contributed by atoms with Gasteiger partial charge in [-0.2, -0.15) is 4.31 Å². The van der Waals surface area contributed by atoms with Crippen molar-refractivity contribution in [3.63, 3.8) is 0 Å². The van der Waals surface area contributed by atoms with Crippen LogP contribution < -0.4 is 4.90 Å². The Kier molecular flexibility index (Phi) is 5.74. The molecule has 0 N–H and O–H groups in total. The second-order valence-electron chi connectivity index (χ2n) is 6.41. The lowest BCUT2D eigenvalue weighted by Crippen LogP contribution is -2.44. The number of carbonyl (C=O) groups is 1. The molecule has 0 aliphatic carbocycles. The number of anilines is 1. The van der Waals surface area contributed by atoms with E-state index in [0.29, 0.717) is 37.4 Å². The van der Waals surface area contributed by atoms with Gasteiger partial charge in [0.25, 0.3) is 0 Å². The van der Waals surface area contributed by atoms with Gasteiger partial charge < -0.3 is 4.90 Å². The van der Waals surface area contributed by atoms with E-state index in [2.05, 4.69) is 0 Å². The number of sulfonamides is 1. The van der Waals surface area contributed by atoms with Crippen LogP contribution in [0.4, 0.5) is 5.69 Å². The van der Waals surface area contributed by atoms with Crippen LogP contribution in [0.3, 0.4) is 0 Å². The van der Waals surface area contributed by atoms with Crippen molar-refractivity contribution in [3.8, 4) is 0 Å². The molecule has 5 nitrogen and oxygen atoms in total. The average molecular weight is 372 g/mol. The molecule has 1 saturated heterocycles. The number of nitrogens with zero attached hydrogens (tertiary/aromatic N) is 2. The van der Waals surface area contributed by atoms with Gasteiger partial charge in [0, 0.05) is 31.2 Å². The van der Waals surface area contributed by atoms with Crippen molar-refractivity contribution < 1.29 is 13.2 Å². The molecule has 0 spiro atoms. The number of rotatable bonds is 5. The minimum atomic E-state index is -3.48. The first-order valence-corrected chi connectivity index (χ1v) is 10.4. The van der Waals surface area contributed by atoms with Crippen LogP contribution in [0.5, 0.6) is 0 Å². The number of carbonyl (C=O) groups excluding carboxylic acids is 1. The Morgan fingerprint density at radius 2 is 1.54 bits per heavy atom. The highest BCUT2D eigenvalue weighted by molar-refractivity contribution is 7.89. The van der Waals surface area contributed by atoms with Crippen LogP contribution in [0.25, 0.3) is 0 Å². The van der Waals surface area contributed by atoms with Gasteiger partial charge in [-0.05, 0) is 44.0 Å². The van der Waals surface area contributed by atoms with Gasteiger partial charge in [0.15, 0.2) is 0 Å². The molecule has 0 radical (unpaired) electrons. The minimum absolute atomic E-state index is 0.0791. The number of amides is 1. The first kappa shape index (κ1) is 18.6. The fourth-order valence-electron chi connectivity index (χ4n) is 3.38. The monoisotopic (exact) mass is 372 g/mol. The van der Waals surface area contributed by atoms with E-state index in [1.54, 1.807) is 35.2 Å². The van der Waals surface area contributed by atoms with Gasteiger partial charge in [0.1, 0.15) is 0 Å². The van der Waals surface area contributed by atoms with Gasteiger partial charge in [0.2, 0.25) is 15.9 Å². The van der Waals surface area contributed by atoms with Gasteiger partial charge in [0.05, 0.1) is 4.90 Å². The number of hydrogen-bond donors (Lipinski definition) is 0. The fourth-order valence-corrected chi connectivity index (χ4v) is 4.87. The zero-order chi connectivity index (χ0) is 18.6. The molecular weight excluding hydrogens is 348 g/mol. The molecule has 2 aromatic carbocycles. The Bertz CT molecular complexity index is 830. The second-order valence-corrected chi connectivity index (χ2v) is 8.35. The van der Waals surface area contributed by atoms with Gasteiger partial charge >= 0.3 is 0 Å². The zero-order valence-corrected chi connectivity index (χ0v) is 15.7. The summed E-state index contributed by atoms with van der Waals surface area (Å²) >= 11 is 0. The molecule has 3 rings (SSSR count). The number of benzene rings is 2. The van der Waals surface area contributed by atoms with Crippen LogP contribution in [0, 0.1) is 5.92 Å². The second kappa shape index (κ2) is 8.01. The van der Waals surface area contributed by atoms with Crippen LogP contribution in [0.2, 0.25) is 0 Å². The Balaban J connectivity index is 1.67. The molecule has 1 fully saturated rings. The van der Waals surface area contributed by atoms with E-state index < -0.39 is 10.0 Å². The van der Waals surface area contributed by atoms with Gasteiger partial charge in [-0.25, -0.2) is 8.42 Å². The molecule has 26 heavy (non-hydrogen) atoms. The van der Waals surface area contributed by atoms with Crippen molar-refractivity contribution in [1.29, 1.82) is 0 Å². The Morgan fingerprint density at radius 3 is 2.08 bits per heavy atom. The molecule has 0 unspecified atom stereocenters. The van der Waals surface area contributed by atoms with Crippen LogP contribution in [0.15, 0.2) is 65.6 Å². The smallest absolute Gasteiger partial charge is 0.243 e. The SMILES string of the molecule is CCN(C(=O)C1CCN(S(=O)(=O)c2ccccc2)CC1)c1ccccc1. The average Bonchev–Trinajstić information content (AvgIpc) is 2.70. The molecule has 0 atom stereocenters. The standard InChI is InChI=1S/C20H24N2O3S/c1-2-22(18-9-5-3-6-10-18)20(23)17-13-15-21(16-14-17)26(24,25)19-11-7-4-8-12-19/h3-12,17H,2,13-16H2,1H3. The largest absolute Gasteiger partial charge is 0.312 e. The summed E-state index contributed by atoms with van der Waals surface area (Å²) in [5, 5.41) is 0. The quantitative estimate of drug-likeness (QED) is 0.810. The molecule has 0 aromatic heterocycles. The van der Waals surface area contributed by atoms with Crippen molar-refractivity contribution in [2.75, 3.05) is 24.5 Å². The predicted molar refractivity (Wildman–Crippen MR) is 102 cm³/mol. The third kappa shape index (κ3) is 3.81. The number of hydrogen-bond acceptors (Lipinski definition) is 3. The van der Waals surface area contributed by atoms with E-state index in [0.717, 1.165) is 5.69 Å². The van der Waals surface area contributed by atoms with E-state index in [-0.39, 0.29) is 11.8 Å². The lowest BCUT2D eigenvalue weighted by atomic mass is 9.96. The molecule has 2 aromatic rings. The molecule has 6 heteroatoms. The molecular formula is C20H24N2O3S. The maximum absolute atomic E-state index is 12.9. The van der Waals surface area contributed by atoms with Crippen molar-refractivity contribution in [1.82, 2.24) is 4.31 Å². The van der Waals surface area contributed by atoms with Crippen molar-refractivity contribution in [2.24, 2.45) is 5.92 Å². The molecule has 0 bridgehead atoms. The van der Waals surface area contributed by atoms with Gasteiger partial charge in [-0.1, -0.05) is 36.4 Å². The zero-order valence-electron chi connectivity index (χ0n) is 14.9. The third-order valence-electron chi connectivity index (χ3n) is 4.83. The van der Waals surface area contributed by atoms with Crippen LogP contribution in [-0.2, 0) is 14.8 Å².